The van der Waals surface area contributed by atoms with Gasteiger partial charge in [0.25, 0.3) is 0 Å². The van der Waals surface area contributed by atoms with Crippen molar-refractivity contribution >= 4 is 17.7 Å². The predicted octanol–water partition coefficient (Wildman–Crippen LogP) is 0.0432. The lowest BCUT2D eigenvalue weighted by molar-refractivity contribution is -0.149. The molecule has 0 aromatic heterocycles. The molecule has 0 radical (unpaired) electrons. The van der Waals surface area contributed by atoms with Crippen LogP contribution in [0.2, 0.25) is 0 Å². The molecule has 4 aliphatic heterocycles. The highest BCUT2D eigenvalue weighted by molar-refractivity contribution is 6.09. The molecule has 7 nitrogen and oxygen atoms in total. The fourth-order valence-electron chi connectivity index (χ4n) is 4.95. The van der Waals surface area contributed by atoms with Gasteiger partial charge in [-0.1, -0.05) is 0 Å². The lowest BCUT2D eigenvalue weighted by Crippen LogP contribution is -2.49. The number of nitrogens with one attached hydrogen (secondary N) is 2. The molecule has 7 heteroatoms. The summed E-state index contributed by atoms with van der Waals surface area (Å²) < 4.78 is 5.73. The topological polar surface area (TPSA) is 87.7 Å². The molecule has 2 N–H and O–H groups in total. The van der Waals surface area contributed by atoms with Crippen molar-refractivity contribution in [2.45, 2.75) is 57.3 Å². The highest BCUT2D eigenvalue weighted by Crippen LogP contribution is 2.48. The van der Waals surface area contributed by atoms with Gasteiger partial charge in [0.1, 0.15) is 6.04 Å². The van der Waals surface area contributed by atoms with Crippen LogP contribution >= 0.6 is 0 Å². The Hall–Kier alpha value is -1.47. The first-order valence-electron chi connectivity index (χ1n) is 9.58. The third-order valence-corrected chi connectivity index (χ3v) is 6.34. The summed E-state index contributed by atoms with van der Waals surface area (Å²) in [6, 6.07) is -0.741. The van der Waals surface area contributed by atoms with Crippen LogP contribution in [0.3, 0.4) is 0 Å². The average molecular weight is 349 g/mol. The minimum absolute atomic E-state index is 0.134. The Morgan fingerprint density at radius 1 is 1.24 bits per heavy atom. The first-order valence-corrected chi connectivity index (χ1v) is 9.58. The van der Waals surface area contributed by atoms with Crippen molar-refractivity contribution in [1.29, 1.82) is 0 Å². The first kappa shape index (κ1) is 17.0. The van der Waals surface area contributed by atoms with Gasteiger partial charge in [-0.3, -0.25) is 19.3 Å². The van der Waals surface area contributed by atoms with E-state index in [4.69, 9.17) is 4.74 Å². The minimum atomic E-state index is -0.741. The molecule has 4 saturated heterocycles. The van der Waals surface area contributed by atoms with Gasteiger partial charge in [-0.15, -0.1) is 0 Å². The maximum atomic E-state index is 12.7. The van der Waals surface area contributed by atoms with E-state index in [2.05, 4.69) is 10.6 Å². The normalized spacial score (nSPS) is 38.1. The maximum absolute atomic E-state index is 12.7. The van der Waals surface area contributed by atoms with Gasteiger partial charge >= 0.3 is 0 Å². The number of nitrogens with zero attached hydrogens (tertiary/aromatic N) is 1. The second-order valence-electron chi connectivity index (χ2n) is 7.86. The third kappa shape index (κ3) is 2.87. The molecule has 4 heterocycles. The highest BCUT2D eigenvalue weighted by atomic mass is 16.5. The summed E-state index contributed by atoms with van der Waals surface area (Å²) in [7, 11) is 0. The standard InChI is InChI=1S/C18H27N3O4/c1-10(16(22)20-8-6-11-3-2-7-19-9-11)21-17(23)14-12-4-5-13(25-12)15(14)18(21)24/h10-15,19H,2-9H2,1H3,(H,20,22). The molecule has 6 atom stereocenters. The fourth-order valence-corrected chi connectivity index (χ4v) is 4.95. The molecular formula is C18H27N3O4. The molecule has 4 fully saturated rings. The van der Waals surface area contributed by atoms with Crippen LogP contribution in [0.5, 0.6) is 0 Å². The molecule has 4 rings (SSSR count). The largest absolute Gasteiger partial charge is 0.373 e. The highest BCUT2D eigenvalue weighted by Gasteiger charge is 2.63. The molecule has 25 heavy (non-hydrogen) atoms. The van der Waals surface area contributed by atoms with Gasteiger partial charge in [0.05, 0.1) is 24.0 Å². The lowest BCUT2D eigenvalue weighted by Gasteiger charge is -2.25. The lowest BCUT2D eigenvalue weighted by atomic mass is 9.81. The van der Waals surface area contributed by atoms with E-state index in [1.807, 2.05) is 0 Å². The summed E-state index contributed by atoms with van der Waals surface area (Å²) in [5, 5.41) is 6.27. The van der Waals surface area contributed by atoms with Crippen LogP contribution < -0.4 is 10.6 Å². The van der Waals surface area contributed by atoms with Crippen molar-refractivity contribution in [1.82, 2.24) is 15.5 Å². The summed E-state index contributed by atoms with van der Waals surface area (Å²) in [5.41, 5.74) is 0. The number of imide groups is 1. The fraction of sp³-hybridized carbons (Fsp3) is 0.833. The molecule has 3 amide bonds. The molecule has 0 aromatic rings. The van der Waals surface area contributed by atoms with Gasteiger partial charge in [0.2, 0.25) is 17.7 Å². The molecule has 4 aliphatic rings. The number of rotatable bonds is 5. The monoisotopic (exact) mass is 349 g/mol. The Bertz CT molecular complexity index is 547. The van der Waals surface area contributed by atoms with E-state index in [0.717, 1.165) is 32.4 Å². The van der Waals surface area contributed by atoms with E-state index in [0.29, 0.717) is 12.5 Å². The van der Waals surface area contributed by atoms with Gasteiger partial charge in [0.15, 0.2) is 0 Å². The summed E-state index contributed by atoms with van der Waals surface area (Å²) in [6.07, 6.45) is 4.71. The Morgan fingerprint density at radius 2 is 1.92 bits per heavy atom. The van der Waals surface area contributed by atoms with Gasteiger partial charge in [0, 0.05) is 6.54 Å². The van der Waals surface area contributed by atoms with Gasteiger partial charge in [-0.2, -0.15) is 0 Å². The number of hydrogen-bond acceptors (Lipinski definition) is 5. The smallest absolute Gasteiger partial charge is 0.243 e. The number of carbonyl (C=O) groups excluding carboxylic acids is 3. The molecule has 6 unspecified atom stereocenters. The Balaban J connectivity index is 1.32. The van der Waals surface area contributed by atoms with Crippen LogP contribution in [0, 0.1) is 17.8 Å². The van der Waals surface area contributed by atoms with E-state index in [9.17, 15) is 14.4 Å². The number of piperidine rings is 1. The molecule has 0 aromatic carbocycles. The van der Waals surface area contributed by atoms with E-state index in [-0.39, 0.29) is 41.8 Å². The summed E-state index contributed by atoms with van der Waals surface area (Å²) in [4.78, 5) is 39.0. The number of amides is 3. The number of fused-ring (bicyclic) bond motifs is 5. The van der Waals surface area contributed by atoms with Crippen molar-refractivity contribution in [2.75, 3.05) is 19.6 Å². The van der Waals surface area contributed by atoms with E-state index < -0.39 is 6.04 Å². The van der Waals surface area contributed by atoms with Crippen LogP contribution in [0.15, 0.2) is 0 Å². The van der Waals surface area contributed by atoms with Gasteiger partial charge in [-0.25, -0.2) is 0 Å². The first-order chi connectivity index (χ1) is 12.1. The number of likely N-dealkylation sites (tertiary alicyclic amines) is 1. The molecule has 0 spiro atoms. The Kier molecular flexibility index (Phi) is 4.54. The number of hydrogen-bond donors (Lipinski definition) is 2. The average Bonchev–Trinajstić information content (AvgIpc) is 3.29. The molecule has 0 aliphatic carbocycles. The molecule has 0 saturated carbocycles. The number of ether oxygens (including phenoxy) is 1. The van der Waals surface area contributed by atoms with Crippen molar-refractivity contribution in [3.8, 4) is 0 Å². The Labute approximate surface area is 147 Å². The zero-order valence-corrected chi connectivity index (χ0v) is 14.7. The van der Waals surface area contributed by atoms with Crippen molar-refractivity contribution in [3.05, 3.63) is 0 Å². The SMILES string of the molecule is CC(C(=O)NCCC1CCCNC1)N1C(=O)C2C3CCC(O3)C2C1=O. The van der Waals surface area contributed by atoms with Crippen LogP contribution in [0.4, 0.5) is 0 Å². The van der Waals surface area contributed by atoms with E-state index in [1.165, 1.54) is 17.7 Å². The third-order valence-electron chi connectivity index (χ3n) is 6.34. The predicted molar refractivity (Wildman–Crippen MR) is 89.4 cm³/mol. The molecular weight excluding hydrogens is 322 g/mol. The number of carbonyl (C=O) groups is 3. The van der Waals surface area contributed by atoms with Gasteiger partial charge in [-0.05, 0) is 58.0 Å². The van der Waals surface area contributed by atoms with Crippen LogP contribution in [-0.4, -0.2) is 60.5 Å². The summed E-state index contributed by atoms with van der Waals surface area (Å²) >= 11 is 0. The van der Waals surface area contributed by atoms with Crippen molar-refractivity contribution in [2.24, 2.45) is 17.8 Å². The van der Waals surface area contributed by atoms with E-state index >= 15 is 0 Å². The molecule has 138 valence electrons. The van der Waals surface area contributed by atoms with Crippen LogP contribution in [0.25, 0.3) is 0 Å². The molecule has 2 bridgehead atoms. The minimum Gasteiger partial charge on any atom is -0.373 e. The van der Waals surface area contributed by atoms with Crippen LogP contribution in [0.1, 0.15) is 39.0 Å². The second-order valence-corrected chi connectivity index (χ2v) is 7.86. The maximum Gasteiger partial charge on any atom is 0.243 e. The van der Waals surface area contributed by atoms with Gasteiger partial charge < -0.3 is 15.4 Å². The Morgan fingerprint density at radius 3 is 2.52 bits per heavy atom. The van der Waals surface area contributed by atoms with Crippen molar-refractivity contribution < 1.29 is 19.1 Å². The van der Waals surface area contributed by atoms with E-state index in [1.54, 1.807) is 6.92 Å². The summed E-state index contributed by atoms with van der Waals surface area (Å²) in [5.74, 6) is -0.822. The van der Waals surface area contributed by atoms with Crippen LogP contribution in [-0.2, 0) is 19.1 Å². The quantitative estimate of drug-likeness (QED) is 0.685. The summed E-state index contributed by atoms with van der Waals surface area (Å²) in [6.45, 7) is 4.32. The zero-order chi connectivity index (χ0) is 17.6. The van der Waals surface area contributed by atoms with Crippen molar-refractivity contribution in [3.63, 3.8) is 0 Å². The second kappa shape index (κ2) is 6.68. The zero-order valence-electron chi connectivity index (χ0n) is 14.7.